The van der Waals surface area contributed by atoms with Crippen molar-refractivity contribution < 1.29 is 20.1 Å². The first kappa shape index (κ1) is 17.5. The van der Waals surface area contributed by atoms with Crippen molar-refractivity contribution >= 4 is 23.2 Å². The largest absolute Gasteiger partial charge is 0.394 e. The second kappa shape index (κ2) is 7.36. The lowest BCUT2D eigenvalue weighted by atomic mass is 9.90. The van der Waals surface area contributed by atoms with Crippen molar-refractivity contribution in [2.45, 2.75) is 56.6 Å². The van der Waals surface area contributed by atoms with Gasteiger partial charge in [0.25, 0.3) is 0 Å². The van der Waals surface area contributed by atoms with Gasteiger partial charge in [-0.15, -0.1) is 0 Å². The maximum Gasteiger partial charge on any atom is 0.183 e. The van der Waals surface area contributed by atoms with Gasteiger partial charge in [-0.3, -0.25) is 4.57 Å². The van der Waals surface area contributed by atoms with Crippen LogP contribution in [-0.4, -0.2) is 66.0 Å². The molecule has 1 saturated heterocycles. The maximum atomic E-state index is 10.2. The maximum absolute atomic E-state index is 10.2. The quantitative estimate of drug-likeness (QED) is 0.685. The number of imidazole rings is 1. The minimum atomic E-state index is -1.19. The highest BCUT2D eigenvalue weighted by atomic mass is 16.6. The van der Waals surface area contributed by atoms with Crippen LogP contribution in [0.15, 0.2) is 17.6 Å². The molecule has 2 aromatic rings. The zero-order valence-corrected chi connectivity index (χ0v) is 14.3. The smallest absolute Gasteiger partial charge is 0.183 e. The summed E-state index contributed by atoms with van der Waals surface area (Å²) in [4.78, 5) is 17.3. The molecule has 140 valence electrons. The standard InChI is InChI=1S/C17H23N5O4/c23-7-11-13(24)14(25)17(26-11)22-9-21-12-15(19-8-20-16(12)22)18-6-10-4-2-1-3-5-10/h6,8-11,13-14,17,23-25H,1-5,7H2/t11-,13-,14-,17-/m1/s1. The number of nitrogens with zero attached hydrogens (tertiary/aromatic N) is 5. The fourth-order valence-electron chi connectivity index (χ4n) is 3.69. The van der Waals surface area contributed by atoms with Crippen LogP contribution in [0, 0.1) is 5.92 Å². The molecule has 4 atom stereocenters. The summed E-state index contributed by atoms with van der Waals surface area (Å²) >= 11 is 0. The van der Waals surface area contributed by atoms with E-state index >= 15 is 0 Å². The highest BCUT2D eigenvalue weighted by molar-refractivity contribution is 5.83. The van der Waals surface area contributed by atoms with Gasteiger partial charge in [-0.1, -0.05) is 19.3 Å². The van der Waals surface area contributed by atoms with E-state index in [4.69, 9.17) is 4.74 Å². The van der Waals surface area contributed by atoms with Crippen LogP contribution in [0.3, 0.4) is 0 Å². The Morgan fingerprint density at radius 1 is 1.15 bits per heavy atom. The summed E-state index contributed by atoms with van der Waals surface area (Å²) in [6, 6.07) is 0. The molecule has 3 heterocycles. The number of aromatic nitrogens is 4. The number of fused-ring (bicyclic) bond motifs is 1. The van der Waals surface area contributed by atoms with Gasteiger partial charge in [0.2, 0.25) is 0 Å². The van der Waals surface area contributed by atoms with Gasteiger partial charge in [0.1, 0.15) is 24.6 Å². The lowest BCUT2D eigenvalue weighted by molar-refractivity contribution is -0.0511. The zero-order valence-electron chi connectivity index (χ0n) is 14.3. The van der Waals surface area contributed by atoms with Gasteiger partial charge in [-0.05, 0) is 18.8 Å². The van der Waals surface area contributed by atoms with Crippen molar-refractivity contribution in [3.8, 4) is 0 Å². The van der Waals surface area contributed by atoms with Crippen LogP contribution in [0.25, 0.3) is 11.2 Å². The molecule has 9 heteroatoms. The molecule has 0 aromatic carbocycles. The molecule has 9 nitrogen and oxygen atoms in total. The van der Waals surface area contributed by atoms with Crippen molar-refractivity contribution in [2.24, 2.45) is 10.9 Å². The van der Waals surface area contributed by atoms with E-state index in [2.05, 4.69) is 19.9 Å². The third-order valence-corrected chi connectivity index (χ3v) is 5.19. The predicted octanol–water partition coefficient (Wildman–Crippen LogP) is 0.720. The molecule has 0 radical (unpaired) electrons. The summed E-state index contributed by atoms with van der Waals surface area (Å²) in [5, 5.41) is 29.4. The van der Waals surface area contributed by atoms with Crippen LogP contribution in [0.1, 0.15) is 38.3 Å². The molecular weight excluding hydrogens is 338 g/mol. The Morgan fingerprint density at radius 3 is 2.69 bits per heavy atom. The second-order valence-electron chi connectivity index (χ2n) is 6.93. The van der Waals surface area contributed by atoms with Crippen molar-refractivity contribution in [3.05, 3.63) is 12.7 Å². The molecule has 2 aliphatic rings. The Labute approximate surface area is 150 Å². The first-order chi connectivity index (χ1) is 12.7. The second-order valence-corrected chi connectivity index (χ2v) is 6.93. The fraction of sp³-hybridized carbons (Fsp3) is 0.647. The van der Waals surface area contributed by atoms with Crippen LogP contribution < -0.4 is 0 Å². The summed E-state index contributed by atoms with van der Waals surface area (Å²) in [5.41, 5.74) is 0.975. The summed E-state index contributed by atoms with van der Waals surface area (Å²) in [6.07, 6.45) is 6.80. The van der Waals surface area contributed by atoms with Gasteiger partial charge < -0.3 is 20.1 Å². The first-order valence-electron chi connectivity index (χ1n) is 9.03. The molecule has 26 heavy (non-hydrogen) atoms. The van der Waals surface area contributed by atoms with Gasteiger partial charge in [0.05, 0.1) is 12.9 Å². The van der Waals surface area contributed by atoms with Crippen molar-refractivity contribution in [1.29, 1.82) is 0 Å². The lowest BCUT2D eigenvalue weighted by Crippen LogP contribution is -2.33. The molecular formula is C17H23N5O4. The SMILES string of the molecule is OC[C@H]1O[C@@H](n2cnc3c(N=CC4CCCCC4)ncnc32)[C@H](O)[C@@H]1O. The molecule has 0 unspecified atom stereocenters. The van der Waals surface area contributed by atoms with Crippen LogP contribution in [-0.2, 0) is 4.74 Å². The third-order valence-electron chi connectivity index (χ3n) is 5.19. The van der Waals surface area contributed by atoms with E-state index in [1.807, 2.05) is 6.21 Å². The van der Waals surface area contributed by atoms with E-state index in [1.165, 1.54) is 31.9 Å². The van der Waals surface area contributed by atoms with E-state index in [9.17, 15) is 15.3 Å². The number of rotatable bonds is 4. The van der Waals surface area contributed by atoms with Gasteiger partial charge >= 0.3 is 0 Å². The number of hydrogen-bond donors (Lipinski definition) is 3. The minimum Gasteiger partial charge on any atom is -0.394 e. The molecule has 0 bridgehead atoms. The van der Waals surface area contributed by atoms with E-state index in [0.717, 1.165) is 12.8 Å². The van der Waals surface area contributed by atoms with Gasteiger partial charge in [-0.2, -0.15) is 0 Å². The van der Waals surface area contributed by atoms with Crippen molar-refractivity contribution in [1.82, 2.24) is 19.5 Å². The van der Waals surface area contributed by atoms with Crippen LogP contribution in [0.2, 0.25) is 0 Å². The average molecular weight is 361 g/mol. The van der Waals surface area contributed by atoms with Crippen molar-refractivity contribution in [2.75, 3.05) is 6.61 Å². The van der Waals surface area contributed by atoms with Crippen molar-refractivity contribution in [3.63, 3.8) is 0 Å². The molecule has 2 fully saturated rings. The summed E-state index contributed by atoms with van der Waals surface area (Å²) < 4.78 is 7.10. The third kappa shape index (κ3) is 3.11. The molecule has 1 aliphatic carbocycles. The van der Waals surface area contributed by atoms with Gasteiger partial charge in [-0.25, -0.2) is 19.9 Å². The Bertz CT molecular complexity index is 789. The monoisotopic (exact) mass is 361 g/mol. The zero-order chi connectivity index (χ0) is 18.1. The number of ether oxygens (including phenoxy) is 1. The van der Waals surface area contributed by atoms with E-state index in [1.54, 1.807) is 4.57 Å². The van der Waals surface area contributed by atoms with E-state index < -0.39 is 24.5 Å². The Kier molecular flexibility index (Phi) is 4.94. The molecule has 1 aliphatic heterocycles. The molecule has 2 aromatic heterocycles. The molecule has 0 spiro atoms. The normalized spacial score (nSPS) is 30.6. The first-order valence-corrected chi connectivity index (χ1v) is 9.03. The van der Waals surface area contributed by atoms with Crippen LogP contribution in [0.4, 0.5) is 5.82 Å². The lowest BCUT2D eigenvalue weighted by Gasteiger charge is -2.17. The van der Waals surface area contributed by atoms with Crippen LogP contribution >= 0.6 is 0 Å². The summed E-state index contributed by atoms with van der Waals surface area (Å²) in [6.45, 7) is -0.382. The molecule has 1 saturated carbocycles. The summed E-state index contributed by atoms with van der Waals surface area (Å²) in [7, 11) is 0. The van der Waals surface area contributed by atoms with Gasteiger partial charge in [0, 0.05) is 6.21 Å². The fourth-order valence-corrected chi connectivity index (χ4v) is 3.69. The Morgan fingerprint density at radius 2 is 1.96 bits per heavy atom. The predicted molar refractivity (Wildman–Crippen MR) is 93.1 cm³/mol. The number of aliphatic hydroxyl groups excluding tert-OH is 3. The highest BCUT2D eigenvalue weighted by Gasteiger charge is 2.44. The van der Waals surface area contributed by atoms with E-state index in [0.29, 0.717) is 22.9 Å². The minimum absolute atomic E-state index is 0.382. The number of aliphatic hydroxyl groups is 3. The molecule has 4 rings (SSSR count). The number of aliphatic imine (C=N–C) groups is 1. The topological polar surface area (TPSA) is 126 Å². The number of hydrogen-bond acceptors (Lipinski definition) is 8. The average Bonchev–Trinajstić information content (AvgIpc) is 3.23. The molecule has 0 amide bonds. The van der Waals surface area contributed by atoms with E-state index in [-0.39, 0.29) is 6.61 Å². The van der Waals surface area contributed by atoms with Crippen LogP contribution in [0.5, 0.6) is 0 Å². The Balaban J connectivity index is 1.62. The van der Waals surface area contributed by atoms with Gasteiger partial charge in [0.15, 0.2) is 23.2 Å². The summed E-state index contributed by atoms with van der Waals surface area (Å²) in [5.74, 6) is 0.947. The Hall–Kier alpha value is -1.94. The highest BCUT2D eigenvalue weighted by Crippen LogP contribution is 2.32. The molecule has 3 N–H and O–H groups in total.